The summed E-state index contributed by atoms with van der Waals surface area (Å²) >= 11 is 0. The van der Waals surface area contributed by atoms with Gasteiger partial charge in [0.25, 0.3) is 5.91 Å². The van der Waals surface area contributed by atoms with Crippen LogP contribution in [0.4, 0.5) is 0 Å². The van der Waals surface area contributed by atoms with Gasteiger partial charge in [-0.1, -0.05) is 31.0 Å². The van der Waals surface area contributed by atoms with Gasteiger partial charge in [-0.15, -0.1) is 0 Å². The second-order valence-electron chi connectivity index (χ2n) is 11.9. The number of hydrogen-bond donors (Lipinski definition) is 8. The van der Waals surface area contributed by atoms with Gasteiger partial charge >= 0.3 is 0 Å². The lowest BCUT2D eigenvalue weighted by atomic mass is 9.84. The number of aliphatic hydroxyl groups is 3. The average molecular weight is 628 g/mol. The highest BCUT2D eigenvalue weighted by atomic mass is 16.7. The number of amides is 1. The van der Waals surface area contributed by atoms with E-state index in [1.807, 2.05) is 24.3 Å². The van der Waals surface area contributed by atoms with E-state index in [1.165, 1.54) is 0 Å². The molecule has 14 nitrogen and oxygen atoms in total. The predicted molar refractivity (Wildman–Crippen MR) is 167 cm³/mol. The number of carbonyl (C=O) groups excluding carboxylic acids is 1. The molecule has 12 N–H and O–H groups in total. The van der Waals surface area contributed by atoms with Crippen LogP contribution < -0.4 is 28.3 Å². The van der Waals surface area contributed by atoms with Gasteiger partial charge in [0.05, 0.1) is 28.7 Å². The number of nitrogens with two attached hydrogens (primary N) is 4. The number of fused-ring (bicyclic) bond motifs is 3. The first-order chi connectivity index (χ1) is 21.7. The summed E-state index contributed by atoms with van der Waals surface area (Å²) in [5.41, 5.74) is 26.1. The summed E-state index contributed by atoms with van der Waals surface area (Å²) in [7, 11) is 0. The van der Waals surface area contributed by atoms with Crippen molar-refractivity contribution in [3.63, 3.8) is 0 Å². The molecule has 14 heteroatoms. The summed E-state index contributed by atoms with van der Waals surface area (Å²) in [6, 6.07) is 7.07. The van der Waals surface area contributed by atoms with Crippen molar-refractivity contribution < 1.29 is 34.3 Å². The Balaban J connectivity index is 1.03. The van der Waals surface area contributed by atoms with Crippen LogP contribution in [-0.2, 0) is 14.2 Å². The Morgan fingerprint density at radius 3 is 2.49 bits per heavy atom. The van der Waals surface area contributed by atoms with E-state index in [0.717, 1.165) is 42.0 Å². The van der Waals surface area contributed by atoms with Gasteiger partial charge in [0.2, 0.25) is 0 Å². The molecule has 0 bridgehead atoms. The fourth-order valence-electron chi connectivity index (χ4n) is 6.13. The van der Waals surface area contributed by atoms with Crippen LogP contribution in [0.15, 0.2) is 42.7 Å². The number of pyridine rings is 2. The molecule has 1 aromatic carbocycles. The minimum atomic E-state index is -1.33. The van der Waals surface area contributed by atoms with Crippen molar-refractivity contribution >= 4 is 27.7 Å². The van der Waals surface area contributed by atoms with E-state index in [1.54, 1.807) is 18.5 Å². The second kappa shape index (κ2) is 15.1. The van der Waals surface area contributed by atoms with Crippen LogP contribution in [0.25, 0.3) is 21.8 Å². The SMILES string of the molecule is NC[C@H]1O[C@H](O[C@H]2[C@H](O)[C@@H](O)[C@H](N)C[C@@H]2N)[C@H](N)[C@@H](O)[C@@H]1OCCCCCCNC(=O)c1ccnc2c1ccc1cccnc12. The van der Waals surface area contributed by atoms with Crippen LogP contribution in [0.1, 0.15) is 42.5 Å². The van der Waals surface area contributed by atoms with Gasteiger partial charge in [0.15, 0.2) is 6.29 Å². The minimum absolute atomic E-state index is 0.0419. The first-order valence-corrected chi connectivity index (χ1v) is 15.6. The predicted octanol–water partition coefficient (Wildman–Crippen LogP) is -1.00. The van der Waals surface area contributed by atoms with Crippen LogP contribution in [-0.4, -0.2) is 112 Å². The molecule has 1 amide bonds. The van der Waals surface area contributed by atoms with Crippen molar-refractivity contribution in [3.8, 4) is 0 Å². The van der Waals surface area contributed by atoms with Crippen molar-refractivity contribution in [2.24, 2.45) is 22.9 Å². The third-order valence-electron chi connectivity index (χ3n) is 8.73. The number of aliphatic hydroxyl groups excluding tert-OH is 3. The molecule has 1 aliphatic carbocycles. The number of ether oxygens (including phenoxy) is 3. The smallest absolute Gasteiger partial charge is 0.252 e. The average Bonchev–Trinajstić information content (AvgIpc) is 3.05. The zero-order valence-corrected chi connectivity index (χ0v) is 25.2. The van der Waals surface area contributed by atoms with E-state index in [9.17, 15) is 20.1 Å². The first-order valence-electron chi connectivity index (χ1n) is 15.6. The normalized spacial score (nSPS) is 32.2. The molecule has 10 atom stereocenters. The zero-order chi connectivity index (χ0) is 32.1. The maximum Gasteiger partial charge on any atom is 0.252 e. The first kappa shape index (κ1) is 33.5. The number of unbranched alkanes of at least 4 members (excludes halogenated alkanes) is 3. The lowest BCUT2D eigenvalue weighted by Crippen LogP contribution is -2.67. The molecule has 3 aromatic rings. The molecule has 45 heavy (non-hydrogen) atoms. The van der Waals surface area contributed by atoms with Gasteiger partial charge in [-0.3, -0.25) is 14.8 Å². The number of benzene rings is 1. The molecule has 1 aliphatic heterocycles. The fraction of sp³-hybridized carbons (Fsp3) is 0.581. The maximum atomic E-state index is 12.9. The van der Waals surface area contributed by atoms with Crippen molar-refractivity contribution in [1.29, 1.82) is 0 Å². The number of aromatic nitrogens is 2. The van der Waals surface area contributed by atoms with Crippen molar-refractivity contribution in [2.75, 3.05) is 19.7 Å². The molecule has 246 valence electrons. The monoisotopic (exact) mass is 627 g/mol. The molecule has 2 fully saturated rings. The van der Waals surface area contributed by atoms with Crippen LogP contribution in [0.2, 0.25) is 0 Å². The van der Waals surface area contributed by atoms with Crippen LogP contribution in [0.3, 0.4) is 0 Å². The van der Waals surface area contributed by atoms with Gasteiger partial charge in [0.1, 0.15) is 30.5 Å². The van der Waals surface area contributed by atoms with Gasteiger partial charge < -0.3 is 57.8 Å². The molecule has 1 saturated heterocycles. The number of carbonyl (C=O) groups is 1. The van der Waals surface area contributed by atoms with Gasteiger partial charge in [-0.2, -0.15) is 0 Å². The zero-order valence-electron chi connectivity index (χ0n) is 25.2. The van der Waals surface area contributed by atoms with Crippen molar-refractivity contribution in [1.82, 2.24) is 15.3 Å². The van der Waals surface area contributed by atoms with Gasteiger partial charge in [-0.25, -0.2) is 0 Å². The van der Waals surface area contributed by atoms with E-state index in [2.05, 4.69) is 15.3 Å². The summed E-state index contributed by atoms with van der Waals surface area (Å²) in [6.07, 6.45) is -0.434. The fourth-order valence-corrected chi connectivity index (χ4v) is 6.13. The Morgan fingerprint density at radius 2 is 1.69 bits per heavy atom. The summed E-state index contributed by atoms with van der Waals surface area (Å²) in [5, 5.41) is 36.2. The molecule has 0 unspecified atom stereocenters. The maximum absolute atomic E-state index is 12.9. The quantitative estimate of drug-likeness (QED) is 0.0887. The Hall–Kier alpha value is -2.89. The van der Waals surface area contributed by atoms with Gasteiger partial charge in [-0.05, 0) is 31.4 Å². The van der Waals surface area contributed by atoms with E-state index >= 15 is 0 Å². The molecule has 3 heterocycles. The summed E-state index contributed by atoms with van der Waals surface area (Å²) < 4.78 is 17.7. The second-order valence-corrected chi connectivity index (χ2v) is 11.9. The Kier molecular flexibility index (Phi) is 11.3. The topological polar surface area (TPSA) is 247 Å². The molecule has 2 aromatic heterocycles. The summed E-state index contributed by atoms with van der Waals surface area (Å²) in [6.45, 7) is 0.923. The molecule has 5 rings (SSSR count). The van der Waals surface area contributed by atoms with Crippen molar-refractivity contribution in [2.45, 2.75) is 93.1 Å². The van der Waals surface area contributed by atoms with Gasteiger partial charge in [0, 0.05) is 54.9 Å². The minimum Gasteiger partial charge on any atom is -0.389 e. The molecule has 1 saturated carbocycles. The number of nitrogens with one attached hydrogen (secondary N) is 1. The molecule has 2 aliphatic rings. The highest BCUT2D eigenvalue weighted by Crippen LogP contribution is 2.28. The molecular weight excluding hydrogens is 582 g/mol. The summed E-state index contributed by atoms with van der Waals surface area (Å²) in [5.74, 6) is -0.154. The van der Waals surface area contributed by atoms with E-state index < -0.39 is 61.0 Å². The number of hydrogen-bond acceptors (Lipinski definition) is 13. The lowest BCUT2D eigenvalue weighted by Gasteiger charge is -2.46. The Bertz CT molecular complexity index is 1430. The van der Waals surface area contributed by atoms with Crippen molar-refractivity contribution in [3.05, 3.63) is 48.3 Å². The van der Waals surface area contributed by atoms with E-state index in [0.29, 0.717) is 24.2 Å². The highest BCUT2D eigenvalue weighted by Gasteiger charge is 2.48. The van der Waals surface area contributed by atoms with Crippen LogP contribution in [0.5, 0.6) is 0 Å². The number of rotatable bonds is 12. The largest absolute Gasteiger partial charge is 0.389 e. The summed E-state index contributed by atoms with van der Waals surface area (Å²) in [4.78, 5) is 21.8. The molecule has 0 radical (unpaired) electrons. The Labute approximate surface area is 261 Å². The third kappa shape index (κ3) is 7.41. The lowest BCUT2D eigenvalue weighted by molar-refractivity contribution is -0.293. The van der Waals surface area contributed by atoms with Crippen LogP contribution >= 0.6 is 0 Å². The van der Waals surface area contributed by atoms with E-state index in [4.69, 9.17) is 37.1 Å². The van der Waals surface area contributed by atoms with Crippen LogP contribution in [0, 0.1) is 0 Å². The Morgan fingerprint density at radius 1 is 0.911 bits per heavy atom. The molecular formula is C31H45N7O7. The third-order valence-corrected chi connectivity index (χ3v) is 8.73. The van der Waals surface area contributed by atoms with E-state index in [-0.39, 0.29) is 18.9 Å². The highest BCUT2D eigenvalue weighted by molar-refractivity contribution is 6.12. The standard InChI is InChI=1S/C31H45N7O7/c32-15-21-29(26(40)22(35)31(44-21)45-28-20(34)14-19(33)25(39)27(28)41)43-13-4-2-1-3-10-38-30(42)18-9-12-37-24-17(18)8-7-16-6-5-11-36-23(16)24/h5-9,11-12,19-22,25-29,31,39-41H,1-4,10,13-15,32-35H2,(H,38,42)/t19-,20+,21-,22-,25+,26-,27-,28-,29-,31-/m1/s1. The number of nitrogens with zero attached hydrogens (tertiary/aromatic N) is 2. The molecule has 0 spiro atoms.